The fourth-order valence-electron chi connectivity index (χ4n) is 3.18. The molecule has 2 heterocycles. The second kappa shape index (κ2) is 10.3. The number of sulfonamides is 1. The van der Waals surface area contributed by atoms with Crippen molar-refractivity contribution in [3.05, 3.63) is 65.0 Å². The van der Waals surface area contributed by atoms with Crippen LogP contribution in [0.15, 0.2) is 51.7 Å². The minimum atomic E-state index is -3.73. The number of aryl methyl sites for hydroxylation is 1. The summed E-state index contributed by atoms with van der Waals surface area (Å²) in [6.45, 7) is 2.96. The van der Waals surface area contributed by atoms with Crippen molar-refractivity contribution >= 4 is 44.2 Å². The second-order valence-corrected chi connectivity index (χ2v) is 11.3. The van der Waals surface area contributed by atoms with Crippen molar-refractivity contribution in [2.24, 2.45) is 0 Å². The van der Waals surface area contributed by atoms with Crippen LogP contribution in [0.3, 0.4) is 0 Å². The van der Waals surface area contributed by atoms with Gasteiger partial charge in [-0.15, -0.1) is 10.2 Å². The van der Waals surface area contributed by atoms with Gasteiger partial charge in [0, 0.05) is 24.4 Å². The SMILES string of the molecule is Cc1ccc(S(=O)(=O)N2CCOCC2)cc1C(=O)Nc1nnc(SCc2ccccc2F)s1. The third kappa shape index (κ3) is 5.58. The van der Waals surface area contributed by atoms with Gasteiger partial charge in [0.25, 0.3) is 5.91 Å². The van der Waals surface area contributed by atoms with Crippen molar-refractivity contribution in [2.75, 3.05) is 31.6 Å². The number of carbonyl (C=O) groups is 1. The Bertz CT molecular complexity index is 1260. The summed E-state index contributed by atoms with van der Waals surface area (Å²) < 4.78 is 46.8. The zero-order valence-electron chi connectivity index (χ0n) is 17.7. The zero-order chi connectivity index (χ0) is 23.4. The predicted octanol–water partition coefficient (Wildman–Crippen LogP) is 3.55. The number of carbonyl (C=O) groups excluding carboxylic acids is 1. The monoisotopic (exact) mass is 508 g/mol. The van der Waals surface area contributed by atoms with E-state index < -0.39 is 15.9 Å². The van der Waals surface area contributed by atoms with E-state index in [0.717, 1.165) is 0 Å². The number of morpholine rings is 1. The molecule has 1 aromatic heterocycles. The number of hydrogen-bond donors (Lipinski definition) is 1. The summed E-state index contributed by atoms with van der Waals surface area (Å²) in [5, 5.41) is 11.0. The number of ether oxygens (including phenoxy) is 1. The van der Waals surface area contributed by atoms with E-state index in [1.807, 2.05) is 0 Å². The largest absolute Gasteiger partial charge is 0.379 e. The molecule has 1 saturated heterocycles. The van der Waals surface area contributed by atoms with Crippen LogP contribution >= 0.6 is 23.1 Å². The quantitative estimate of drug-likeness (QED) is 0.385. The molecule has 4 rings (SSSR count). The number of amides is 1. The third-order valence-electron chi connectivity index (χ3n) is 5.00. The van der Waals surface area contributed by atoms with Gasteiger partial charge in [-0.1, -0.05) is 47.4 Å². The minimum Gasteiger partial charge on any atom is -0.379 e. The molecule has 0 radical (unpaired) electrons. The zero-order valence-corrected chi connectivity index (χ0v) is 20.1. The topological polar surface area (TPSA) is 101 Å². The lowest BCUT2D eigenvalue weighted by atomic mass is 10.1. The van der Waals surface area contributed by atoms with Gasteiger partial charge < -0.3 is 4.74 Å². The number of rotatable bonds is 7. The van der Waals surface area contributed by atoms with E-state index in [-0.39, 0.29) is 34.5 Å². The molecule has 1 aliphatic heterocycles. The van der Waals surface area contributed by atoms with Gasteiger partial charge in [-0.25, -0.2) is 12.8 Å². The molecule has 8 nitrogen and oxygen atoms in total. The normalized spacial score (nSPS) is 14.8. The number of aromatic nitrogens is 2. The van der Waals surface area contributed by atoms with Crippen LogP contribution in [0.4, 0.5) is 9.52 Å². The van der Waals surface area contributed by atoms with Gasteiger partial charge in [0.15, 0.2) is 4.34 Å². The number of anilines is 1. The van der Waals surface area contributed by atoms with E-state index in [1.165, 1.54) is 45.6 Å². The molecule has 0 unspecified atom stereocenters. The summed E-state index contributed by atoms with van der Waals surface area (Å²) in [5.41, 5.74) is 1.42. The van der Waals surface area contributed by atoms with Crippen LogP contribution in [-0.2, 0) is 20.5 Å². The molecule has 12 heteroatoms. The predicted molar refractivity (Wildman–Crippen MR) is 125 cm³/mol. The Morgan fingerprint density at radius 1 is 1.21 bits per heavy atom. The maximum Gasteiger partial charge on any atom is 0.257 e. The maximum atomic E-state index is 13.8. The van der Waals surface area contributed by atoms with Crippen molar-refractivity contribution in [3.63, 3.8) is 0 Å². The molecule has 33 heavy (non-hydrogen) atoms. The molecular weight excluding hydrogens is 487 g/mol. The van der Waals surface area contributed by atoms with Crippen LogP contribution in [-0.4, -0.2) is 55.1 Å². The van der Waals surface area contributed by atoms with Crippen LogP contribution < -0.4 is 5.32 Å². The fourth-order valence-corrected chi connectivity index (χ4v) is 6.35. The van der Waals surface area contributed by atoms with Crippen molar-refractivity contribution < 1.29 is 22.3 Å². The highest BCUT2D eigenvalue weighted by Crippen LogP contribution is 2.29. The first-order chi connectivity index (χ1) is 15.8. The summed E-state index contributed by atoms with van der Waals surface area (Å²) in [7, 11) is -3.73. The molecule has 0 aliphatic carbocycles. The van der Waals surface area contributed by atoms with Crippen LogP contribution in [0.25, 0.3) is 0 Å². The average molecular weight is 509 g/mol. The molecule has 0 atom stereocenters. The third-order valence-corrected chi connectivity index (χ3v) is 8.91. The van der Waals surface area contributed by atoms with Crippen LogP contribution in [0, 0.1) is 12.7 Å². The van der Waals surface area contributed by atoms with Crippen LogP contribution in [0.1, 0.15) is 21.5 Å². The van der Waals surface area contributed by atoms with Gasteiger partial charge in [0.1, 0.15) is 5.82 Å². The summed E-state index contributed by atoms with van der Waals surface area (Å²) in [4.78, 5) is 12.9. The molecule has 1 N–H and O–H groups in total. The smallest absolute Gasteiger partial charge is 0.257 e. The average Bonchev–Trinajstić information content (AvgIpc) is 3.26. The van der Waals surface area contributed by atoms with E-state index in [4.69, 9.17) is 4.74 Å². The van der Waals surface area contributed by atoms with Gasteiger partial charge in [-0.2, -0.15) is 4.31 Å². The molecule has 1 aliphatic rings. The Morgan fingerprint density at radius 3 is 2.73 bits per heavy atom. The van der Waals surface area contributed by atoms with Gasteiger partial charge >= 0.3 is 0 Å². The molecule has 0 spiro atoms. The fraction of sp³-hybridized carbons (Fsp3) is 0.286. The lowest BCUT2D eigenvalue weighted by Gasteiger charge is -2.26. The van der Waals surface area contributed by atoms with Crippen molar-refractivity contribution in [3.8, 4) is 0 Å². The highest BCUT2D eigenvalue weighted by Gasteiger charge is 2.27. The van der Waals surface area contributed by atoms with Gasteiger partial charge in [0.05, 0.1) is 18.1 Å². The molecule has 0 bridgehead atoms. The van der Waals surface area contributed by atoms with Gasteiger partial charge in [-0.05, 0) is 36.2 Å². The lowest BCUT2D eigenvalue weighted by Crippen LogP contribution is -2.40. The number of thioether (sulfide) groups is 1. The van der Waals surface area contributed by atoms with Crippen LogP contribution in [0.5, 0.6) is 0 Å². The Hall–Kier alpha value is -2.38. The number of benzene rings is 2. The first kappa shape index (κ1) is 23.8. The molecule has 2 aromatic carbocycles. The number of hydrogen-bond acceptors (Lipinski definition) is 8. The summed E-state index contributed by atoms with van der Waals surface area (Å²) in [6.07, 6.45) is 0. The van der Waals surface area contributed by atoms with E-state index >= 15 is 0 Å². The van der Waals surface area contributed by atoms with E-state index in [0.29, 0.717) is 34.4 Å². The summed E-state index contributed by atoms with van der Waals surface area (Å²) in [5.74, 6) is -0.380. The molecule has 1 fully saturated rings. The molecule has 174 valence electrons. The van der Waals surface area contributed by atoms with Gasteiger partial charge in [-0.3, -0.25) is 10.1 Å². The first-order valence-electron chi connectivity index (χ1n) is 10.0. The maximum absolute atomic E-state index is 13.8. The van der Waals surface area contributed by atoms with Crippen molar-refractivity contribution in [1.82, 2.24) is 14.5 Å². The molecular formula is C21H21FN4O4S3. The van der Waals surface area contributed by atoms with E-state index in [2.05, 4.69) is 15.5 Å². The number of halogens is 1. The van der Waals surface area contributed by atoms with Crippen LogP contribution in [0.2, 0.25) is 0 Å². The Morgan fingerprint density at radius 2 is 1.97 bits per heavy atom. The molecule has 0 saturated carbocycles. The van der Waals surface area contributed by atoms with Crippen molar-refractivity contribution in [1.29, 1.82) is 0 Å². The molecule has 3 aromatic rings. The first-order valence-corrected chi connectivity index (χ1v) is 13.3. The van der Waals surface area contributed by atoms with Gasteiger partial charge in [0.2, 0.25) is 15.2 Å². The minimum absolute atomic E-state index is 0.0542. The van der Waals surface area contributed by atoms with E-state index in [9.17, 15) is 17.6 Å². The van der Waals surface area contributed by atoms with Crippen molar-refractivity contribution in [2.45, 2.75) is 21.9 Å². The Kier molecular flexibility index (Phi) is 7.39. The Labute approximate surface area is 199 Å². The lowest BCUT2D eigenvalue weighted by molar-refractivity contribution is 0.0730. The highest BCUT2D eigenvalue weighted by molar-refractivity contribution is 8.00. The van der Waals surface area contributed by atoms with E-state index in [1.54, 1.807) is 31.2 Å². The second-order valence-electron chi connectivity index (χ2n) is 7.20. The summed E-state index contributed by atoms with van der Waals surface area (Å²) >= 11 is 2.48. The standard InChI is InChI=1S/C21H21FN4O4S3/c1-14-6-7-16(33(28,29)26-8-10-30-11-9-26)12-17(14)19(27)23-20-24-25-21(32-20)31-13-15-4-2-3-5-18(15)22/h2-7,12H,8-11,13H2,1H3,(H,23,24,27). The number of nitrogens with one attached hydrogen (secondary N) is 1. The number of nitrogens with zero attached hydrogens (tertiary/aromatic N) is 3. The molecule has 1 amide bonds. The highest BCUT2D eigenvalue weighted by atomic mass is 32.2. The Balaban J connectivity index is 1.45. The summed E-state index contributed by atoms with van der Waals surface area (Å²) in [6, 6.07) is 11.0.